The van der Waals surface area contributed by atoms with E-state index in [0.717, 1.165) is 0 Å². The van der Waals surface area contributed by atoms with Gasteiger partial charge in [-0.1, -0.05) is 6.07 Å². The van der Waals surface area contributed by atoms with Crippen LogP contribution in [-0.2, 0) is 6.54 Å². The number of hydrogen-bond acceptors (Lipinski definition) is 4. The maximum absolute atomic E-state index is 12.0. The van der Waals surface area contributed by atoms with Gasteiger partial charge in [-0.25, -0.2) is 0 Å². The molecule has 82 valence electrons. The van der Waals surface area contributed by atoms with Gasteiger partial charge in [0.1, 0.15) is 5.75 Å². The summed E-state index contributed by atoms with van der Waals surface area (Å²) in [6, 6.07) is 8.36. The van der Waals surface area contributed by atoms with Crippen LogP contribution >= 0.6 is 11.3 Å². The number of phenolic OH excluding ortho intramolecular Hbond substituents is 1. The SMILES string of the molecule is NCc1cc(C(=O)c2cccs2)ccc1O. The third-order valence-electron chi connectivity index (χ3n) is 2.31. The zero-order valence-electron chi connectivity index (χ0n) is 8.51. The van der Waals surface area contributed by atoms with Gasteiger partial charge in [0, 0.05) is 17.7 Å². The van der Waals surface area contributed by atoms with Gasteiger partial charge in [-0.15, -0.1) is 11.3 Å². The highest BCUT2D eigenvalue weighted by atomic mass is 32.1. The smallest absolute Gasteiger partial charge is 0.202 e. The third kappa shape index (κ3) is 1.98. The average molecular weight is 233 g/mol. The van der Waals surface area contributed by atoms with Crippen molar-refractivity contribution in [3.8, 4) is 5.75 Å². The maximum atomic E-state index is 12.0. The van der Waals surface area contributed by atoms with Gasteiger partial charge < -0.3 is 10.8 Å². The van der Waals surface area contributed by atoms with Crippen molar-refractivity contribution in [3.05, 3.63) is 51.7 Å². The maximum Gasteiger partial charge on any atom is 0.202 e. The molecule has 2 aromatic rings. The molecular formula is C12H11NO2S. The Balaban J connectivity index is 2.38. The number of ketones is 1. The van der Waals surface area contributed by atoms with Gasteiger partial charge in [0.25, 0.3) is 0 Å². The quantitative estimate of drug-likeness (QED) is 0.798. The predicted molar refractivity (Wildman–Crippen MR) is 63.7 cm³/mol. The zero-order valence-corrected chi connectivity index (χ0v) is 9.33. The molecule has 0 unspecified atom stereocenters. The molecule has 0 radical (unpaired) electrons. The molecule has 0 saturated carbocycles. The van der Waals surface area contributed by atoms with E-state index >= 15 is 0 Å². The van der Waals surface area contributed by atoms with Crippen molar-refractivity contribution >= 4 is 17.1 Å². The molecule has 4 heteroatoms. The van der Waals surface area contributed by atoms with Crippen LogP contribution in [0.3, 0.4) is 0 Å². The van der Waals surface area contributed by atoms with E-state index in [1.54, 1.807) is 18.2 Å². The Labute approximate surface area is 97.2 Å². The number of phenols is 1. The van der Waals surface area contributed by atoms with Crippen molar-refractivity contribution in [3.63, 3.8) is 0 Å². The molecule has 1 heterocycles. The summed E-state index contributed by atoms with van der Waals surface area (Å²) in [5.74, 6) is 0.0925. The molecule has 16 heavy (non-hydrogen) atoms. The molecule has 0 spiro atoms. The molecule has 1 aromatic heterocycles. The van der Waals surface area contributed by atoms with Crippen molar-refractivity contribution in [2.45, 2.75) is 6.54 Å². The van der Waals surface area contributed by atoms with Crippen molar-refractivity contribution < 1.29 is 9.90 Å². The van der Waals surface area contributed by atoms with Crippen LogP contribution in [-0.4, -0.2) is 10.9 Å². The Kier molecular flexibility index (Phi) is 3.03. The number of carbonyl (C=O) groups excluding carboxylic acids is 1. The monoisotopic (exact) mass is 233 g/mol. The van der Waals surface area contributed by atoms with Gasteiger partial charge in [0.15, 0.2) is 0 Å². The molecule has 0 aliphatic heterocycles. The molecule has 3 N–H and O–H groups in total. The molecule has 0 atom stereocenters. The minimum Gasteiger partial charge on any atom is -0.508 e. The highest BCUT2D eigenvalue weighted by Gasteiger charge is 2.11. The van der Waals surface area contributed by atoms with Crippen LogP contribution in [0.2, 0.25) is 0 Å². The summed E-state index contributed by atoms with van der Waals surface area (Å²) in [6.07, 6.45) is 0. The summed E-state index contributed by atoms with van der Waals surface area (Å²) in [6.45, 7) is 0.220. The van der Waals surface area contributed by atoms with E-state index < -0.39 is 0 Å². The lowest BCUT2D eigenvalue weighted by Gasteiger charge is -2.04. The number of hydrogen-bond donors (Lipinski definition) is 2. The first-order valence-corrected chi connectivity index (χ1v) is 5.70. The Morgan fingerprint density at radius 2 is 2.19 bits per heavy atom. The van der Waals surface area contributed by atoms with Crippen LogP contribution < -0.4 is 5.73 Å². The molecule has 0 fully saturated rings. The minimum absolute atomic E-state index is 0.0373. The van der Waals surface area contributed by atoms with Gasteiger partial charge in [-0.3, -0.25) is 4.79 Å². The number of aromatic hydroxyl groups is 1. The Morgan fingerprint density at radius 3 is 2.81 bits per heavy atom. The second-order valence-corrected chi connectivity index (χ2v) is 4.30. The molecule has 1 aromatic carbocycles. The first-order valence-electron chi connectivity index (χ1n) is 4.82. The average Bonchev–Trinajstić information content (AvgIpc) is 2.82. The topological polar surface area (TPSA) is 63.3 Å². The molecule has 0 bridgehead atoms. The fourth-order valence-corrected chi connectivity index (χ4v) is 2.13. The van der Waals surface area contributed by atoms with Gasteiger partial charge in [0.2, 0.25) is 5.78 Å². The summed E-state index contributed by atoms with van der Waals surface area (Å²) in [5, 5.41) is 11.3. The molecule has 2 rings (SSSR count). The fourth-order valence-electron chi connectivity index (χ4n) is 1.44. The molecule has 0 aliphatic rings. The number of thiophene rings is 1. The number of carbonyl (C=O) groups is 1. The third-order valence-corrected chi connectivity index (χ3v) is 3.18. The predicted octanol–water partition coefficient (Wildman–Crippen LogP) is 2.14. The summed E-state index contributed by atoms with van der Waals surface area (Å²) >= 11 is 1.40. The van der Waals surface area contributed by atoms with Gasteiger partial charge in [0.05, 0.1) is 4.88 Å². The van der Waals surface area contributed by atoms with Crippen LogP contribution in [0.25, 0.3) is 0 Å². The fraction of sp³-hybridized carbons (Fsp3) is 0.0833. The molecule has 0 aliphatic carbocycles. The van der Waals surface area contributed by atoms with Gasteiger partial charge in [-0.05, 0) is 29.6 Å². The largest absolute Gasteiger partial charge is 0.508 e. The van der Waals surface area contributed by atoms with E-state index in [1.807, 2.05) is 11.4 Å². The second kappa shape index (κ2) is 4.47. The molecule has 3 nitrogen and oxygen atoms in total. The summed E-state index contributed by atoms with van der Waals surface area (Å²) in [7, 11) is 0. The Morgan fingerprint density at radius 1 is 1.38 bits per heavy atom. The van der Waals surface area contributed by atoms with Crippen molar-refractivity contribution in [2.24, 2.45) is 5.73 Å². The number of benzene rings is 1. The zero-order chi connectivity index (χ0) is 11.5. The van der Waals surface area contributed by atoms with E-state index in [4.69, 9.17) is 5.73 Å². The number of nitrogens with two attached hydrogens (primary N) is 1. The lowest BCUT2D eigenvalue weighted by molar-refractivity contribution is 0.104. The molecular weight excluding hydrogens is 222 g/mol. The molecule has 0 amide bonds. The highest BCUT2D eigenvalue weighted by molar-refractivity contribution is 7.12. The number of rotatable bonds is 3. The van der Waals surface area contributed by atoms with Crippen LogP contribution in [0, 0.1) is 0 Å². The van der Waals surface area contributed by atoms with Crippen LogP contribution in [0.15, 0.2) is 35.7 Å². The lowest BCUT2D eigenvalue weighted by Crippen LogP contribution is -2.02. The van der Waals surface area contributed by atoms with Crippen molar-refractivity contribution in [1.29, 1.82) is 0 Å². The van der Waals surface area contributed by atoms with Crippen LogP contribution in [0.1, 0.15) is 20.8 Å². The minimum atomic E-state index is -0.0373. The van der Waals surface area contributed by atoms with E-state index in [-0.39, 0.29) is 18.1 Å². The highest BCUT2D eigenvalue weighted by Crippen LogP contribution is 2.21. The summed E-state index contributed by atoms with van der Waals surface area (Å²) in [4.78, 5) is 12.7. The molecule has 0 saturated heterocycles. The standard InChI is InChI=1S/C12H11NO2S/c13-7-9-6-8(3-4-10(9)14)12(15)11-2-1-5-16-11/h1-6,14H,7,13H2. The first-order chi connectivity index (χ1) is 7.72. The van der Waals surface area contributed by atoms with Crippen LogP contribution in [0.4, 0.5) is 0 Å². The van der Waals surface area contributed by atoms with Crippen molar-refractivity contribution in [2.75, 3.05) is 0 Å². The Hall–Kier alpha value is -1.65. The summed E-state index contributed by atoms with van der Waals surface area (Å²) in [5.41, 5.74) is 6.61. The van der Waals surface area contributed by atoms with Gasteiger partial charge >= 0.3 is 0 Å². The van der Waals surface area contributed by atoms with Crippen molar-refractivity contribution in [1.82, 2.24) is 0 Å². The Bertz CT molecular complexity index is 506. The van der Waals surface area contributed by atoms with Crippen LogP contribution in [0.5, 0.6) is 5.75 Å². The van der Waals surface area contributed by atoms with E-state index in [0.29, 0.717) is 16.0 Å². The second-order valence-electron chi connectivity index (χ2n) is 3.35. The summed E-state index contributed by atoms with van der Waals surface area (Å²) < 4.78 is 0. The first kappa shape index (κ1) is 10.9. The van der Waals surface area contributed by atoms with E-state index in [1.165, 1.54) is 17.4 Å². The van der Waals surface area contributed by atoms with Gasteiger partial charge in [-0.2, -0.15) is 0 Å². The normalized spacial score (nSPS) is 10.3. The lowest BCUT2D eigenvalue weighted by atomic mass is 10.1. The van der Waals surface area contributed by atoms with E-state index in [9.17, 15) is 9.90 Å². The van der Waals surface area contributed by atoms with E-state index in [2.05, 4.69) is 0 Å².